The molecule has 1 fully saturated rings. The van der Waals surface area contributed by atoms with E-state index in [1.807, 2.05) is 26.0 Å². The van der Waals surface area contributed by atoms with E-state index in [-0.39, 0.29) is 0 Å². The maximum absolute atomic E-state index is 8.74. The zero-order valence-corrected chi connectivity index (χ0v) is 13.3. The first kappa shape index (κ1) is 15.2. The zero-order chi connectivity index (χ0) is 16.2. The van der Waals surface area contributed by atoms with Crippen molar-refractivity contribution in [2.45, 2.75) is 32.7 Å². The Hall–Kier alpha value is -2.75. The number of nitriles is 1. The number of rotatable bonds is 3. The summed E-state index contributed by atoms with van der Waals surface area (Å²) < 4.78 is 0. The fraction of sp³-hybridized carbons (Fsp3) is 0.438. The molecule has 0 radical (unpaired) electrons. The minimum absolute atomic E-state index is 0.333. The topological polar surface area (TPSA) is 90.6 Å². The van der Waals surface area contributed by atoms with Gasteiger partial charge in [0.15, 0.2) is 5.69 Å². The minimum atomic E-state index is 0.333. The van der Waals surface area contributed by atoms with Crippen molar-refractivity contribution in [2.24, 2.45) is 0 Å². The van der Waals surface area contributed by atoms with Crippen molar-refractivity contribution in [3.8, 4) is 6.07 Å². The normalized spacial score (nSPS) is 15.3. The molecular formula is C16H19N7. The van der Waals surface area contributed by atoms with Crippen LogP contribution in [0.3, 0.4) is 0 Å². The largest absolute Gasteiger partial charge is 0.366 e. The van der Waals surface area contributed by atoms with Crippen LogP contribution in [0.5, 0.6) is 0 Å². The van der Waals surface area contributed by atoms with E-state index in [9.17, 15) is 0 Å². The first-order valence-electron chi connectivity index (χ1n) is 7.71. The van der Waals surface area contributed by atoms with Crippen LogP contribution in [0, 0.1) is 25.2 Å². The number of nitrogens with zero attached hydrogens (tertiary/aromatic N) is 6. The van der Waals surface area contributed by atoms with E-state index in [0.29, 0.717) is 11.7 Å². The number of hydrogen-bond donors (Lipinski definition) is 1. The smallest absolute Gasteiger partial charge is 0.163 e. The van der Waals surface area contributed by atoms with Crippen LogP contribution in [0.2, 0.25) is 0 Å². The summed E-state index contributed by atoms with van der Waals surface area (Å²) in [6.45, 7) is 5.80. The van der Waals surface area contributed by atoms with Crippen molar-refractivity contribution in [1.29, 1.82) is 5.26 Å². The molecule has 0 atom stereocenters. The van der Waals surface area contributed by atoms with E-state index < -0.39 is 0 Å². The van der Waals surface area contributed by atoms with Crippen molar-refractivity contribution in [3.05, 3.63) is 35.4 Å². The zero-order valence-electron chi connectivity index (χ0n) is 13.3. The summed E-state index contributed by atoms with van der Waals surface area (Å²) in [6.07, 6.45) is 2.01. The van der Waals surface area contributed by atoms with E-state index in [0.717, 1.165) is 49.1 Å². The molecule has 23 heavy (non-hydrogen) atoms. The lowest BCUT2D eigenvalue weighted by Crippen LogP contribution is -2.39. The molecule has 0 saturated carbocycles. The highest BCUT2D eigenvalue weighted by molar-refractivity contribution is 5.41. The van der Waals surface area contributed by atoms with Crippen LogP contribution in [0.1, 0.15) is 30.1 Å². The molecule has 1 N–H and O–H groups in total. The maximum atomic E-state index is 8.74. The molecule has 1 aliphatic heterocycles. The first-order valence-corrected chi connectivity index (χ1v) is 7.71. The monoisotopic (exact) mass is 309 g/mol. The molecule has 0 amide bonds. The SMILES string of the molecule is Cc1cc(N2CCC(Nc3ccc(C#N)nn3)CC2)nc(C)n1. The van der Waals surface area contributed by atoms with Gasteiger partial charge in [0.2, 0.25) is 0 Å². The van der Waals surface area contributed by atoms with Gasteiger partial charge >= 0.3 is 0 Å². The fourth-order valence-electron chi connectivity index (χ4n) is 2.79. The molecule has 0 spiro atoms. The van der Waals surface area contributed by atoms with Crippen LogP contribution in [0.25, 0.3) is 0 Å². The molecule has 7 heteroatoms. The Labute approximate surface area is 135 Å². The Bertz CT molecular complexity index is 692. The van der Waals surface area contributed by atoms with Gasteiger partial charge in [0.1, 0.15) is 23.5 Å². The van der Waals surface area contributed by atoms with Crippen LogP contribution < -0.4 is 10.2 Å². The second-order valence-corrected chi connectivity index (χ2v) is 5.74. The molecule has 1 aliphatic rings. The highest BCUT2D eigenvalue weighted by Gasteiger charge is 2.21. The second-order valence-electron chi connectivity index (χ2n) is 5.74. The molecule has 1 saturated heterocycles. The highest BCUT2D eigenvalue weighted by Crippen LogP contribution is 2.20. The quantitative estimate of drug-likeness (QED) is 0.925. The van der Waals surface area contributed by atoms with Crippen molar-refractivity contribution < 1.29 is 0 Å². The van der Waals surface area contributed by atoms with Crippen LogP contribution in [0.4, 0.5) is 11.6 Å². The predicted octanol–water partition coefficient (Wildman–Crippen LogP) is 1.84. The molecule has 118 valence electrons. The Morgan fingerprint density at radius 2 is 1.96 bits per heavy atom. The number of aryl methyl sites for hydroxylation is 2. The summed E-state index contributed by atoms with van der Waals surface area (Å²) >= 11 is 0. The predicted molar refractivity (Wildman–Crippen MR) is 87.1 cm³/mol. The van der Waals surface area contributed by atoms with Crippen LogP contribution in [-0.4, -0.2) is 39.3 Å². The summed E-state index contributed by atoms with van der Waals surface area (Å²) in [5, 5.41) is 20.0. The molecule has 7 nitrogen and oxygen atoms in total. The van der Waals surface area contributed by atoms with Crippen LogP contribution in [0.15, 0.2) is 18.2 Å². The van der Waals surface area contributed by atoms with E-state index in [4.69, 9.17) is 5.26 Å². The highest BCUT2D eigenvalue weighted by atomic mass is 15.2. The lowest BCUT2D eigenvalue weighted by Gasteiger charge is -2.33. The van der Waals surface area contributed by atoms with Gasteiger partial charge in [-0.2, -0.15) is 5.26 Å². The van der Waals surface area contributed by atoms with Gasteiger partial charge in [-0.3, -0.25) is 0 Å². The molecule has 0 bridgehead atoms. The third kappa shape index (κ3) is 3.72. The molecule has 3 rings (SSSR count). The molecule has 2 aromatic heterocycles. The Balaban J connectivity index is 1.58. The van der Waals surface area contributed by atoms with Gasteiger partial charge < -0.3 is 10.2 Å². The standard InChI is InChI=1S/C16H19N7/c1-11-9-16(19-12(2)18-11)23-7-5-13(6-8-23)20-15-4-3-14(10-17)21-22-15/h3-4,9,13H,5-8H2,1-2H3,(H,20,22). The molecule has 0 aromatic carbocycles. The van der Waals surface area contributed by atoms with Crippen molar-refractivity contribution in [2.75, 3.05) is 23.3 Å². The summed E-state index contributed by atoms with van der Waals surface area (Å²) in [6, 6.07) is 7.84. The number of nitrogens with one attached hydrogen (secondary N) is 1. The van der Waals surface area contributed by atoms with E-state index in [1.54, 1.807) is 12.1 Å². The number of hydrogen-bond acceptors (Lipinski definition) is 7. The number of aromatic nitrogens is 4. The Kier molecular flexibility index (Phi) is 4.33. The van der Waals surface area contributed by atoms with E-state index >= 15 is 0 Å². The minimum Gasteiger partial charge on any atom is -0.366 e. The lowest BCUT2D eigenvalue weighted by atomic mass is 10.0. The third-order valence-corrected chi connectivity index (χ3v) is 3.90. The van der Waals surface area contributed by atoms with Gasteiger partial charge in [-0.15, -0.1) is 10.2 Å². The van der Waals surface area contributed by atoms with Crippen molar-refractivity contribution >= 4 is 11.6 Å². The average Bonchev–Trinajstić information content (AvgIpc) is 2.55. The summed E-state index contributed by atoms with van der Waals surface area (Å²) in [5.41, 5.74) is 1.33. The van der Waals surface area contributed by atoms with Crippen molar-refractivity contribution in [1.82, 2.24) is 20.2 Å². The van der Waals surface area contributed by atoms with Crippen molar-refractivity contribution in [3.63, 3.8) is 0 Å². The Morgan fingerprint density at radius 1 is 1.17 bits per heavy atom. The van der Waals surface area contributed by atoms with E-state index in [2.05, 4.69) is 30.4 Å². The molecule has 0 unspecified atom stereocenters. The van der Waals surface area contributed by atoms with Gasteiger partial charge in [0.25, 0.3) is 0 Å². The molecule has 0 aliphatic carbocycles. The summed E-state index contributed by atoms with van der Waals surface area (Å²) in [4.78, 5) is 11.1. The number of anilines is 2. The summed E-state index contributed by atoms with van der Waals surface area (Å²) in [5.74, 6) is 2.54. The summed E-state index contributed by atoms with van der Waals surface area (Å²) in [7, 11) is 0. The van der Waals surface area contributed by atoms with Gasteiger partial charge in [-0.1, -0.05) is 0 Å². The maximum Gasteiger partial charge on any atom is 0.163 e. The lowest BCUT2D eigenvalue weighted by molar-refractivity contribution is 0.521. The van der Waals surface area contributed by atoms with E-state index in [1.165, 1.54) is 0 Å². The fourth-order valence-corrected chi connectivity index (χ4v) is 2.79. The number of piperidine rings is 1. The van der Waals surface area contributed by atoms with Crippen LogP contribution >= 0.6 is 0 Å². The first-order chi connectivity index (χ1) is 11.1. The molecular weight excluding hydrogens is 290 g/mol. The average molecular weight is 309 g/mol. The molecule has 3 heterocycles. The third-order valence-electron chi connectivity index (χ3n) is 3.90. The van der Waals surface area contributed by atoms with Gasteiger partial charge in [-0.25, -0.2) is 9.97 Å². The van der Waals surface area contributed by atoms with Crippen LogP contribution in [-0.2, 0) is 0 Å². The van der Waals surface area contributed by atoms with Gasteiger partial charge in [0.05, 0.1) is 0 Å². The van der Waals surface area contributed by atoms with Gasteiger partial charge in [-0.05, 0) is 38.8 Å². The van der Waals surface area contributed by atoms with Gasteiger partial charge in [0, 0.05) is 30.9 Å². The molecule has 2 aromatic rings. The Morgan fingerprint density at radius 3 is 2.57 bits per heavy atom. The second kappa shape index (κ2) is 6.57.